The molecule has 0 aliphatic carbocycles. The third-order valence-electron chi connectivity index (χ3n) is 3.70. The van der Waals surface area contributed by atoms with Crippen LogP contribution in [0.3, 0.4) is 0 Å². The van der Waals surface area contributed by atoms with Gasteiger partial charge in [-0.25, -0.2) is 4.39 Å². The fourth-order valence-corrected chi connectivity index (χ4v) is 3.21. The molecule has 20 heavy (non-hydrogen) atoms. The summed E-state index contributed by atoms with van der Waals surface area (Å²) in [5.41, 5.74) is 0.151. The molecule has 0 atom stereocenters. The van der Waals surface area contributed by atoms with Crippen LogP contribution in [-0.4, -0.2) is 49.4 Å². The number of benzene rings is 1. The number of nitrogens with zero attached hydrogens (tertiary/aromatic N) is 2. The molecule has 0 aromatic heterocycles. The molecular formula is C15H20BrFN2O. The van der Waals surface area contributed by atoms with Gasteiger partial charge in [-0.1, -0.05) is 6.07 Å². The summed E-state index contributed by atoms with van der Waals surface area (Å²) >= 11 is 3.26. The van der Waals surface area contributed by atoms with Crippen LogP contribution in [0.15, 0.2) is 22.7 Å². The van der Waals surface area contributed by atoms with E-state index in [2.05, 4.69) is 34.9 Å². The molecule has 0 radical (unpaired) electrons. The summed E-state index contributed by atoms with van der Waals surface area (Å²) in [6.07, 6.45) is 1.96. The average molecular weight is 343 g/mol. The summed E-state index contributed by atoms with van der Waals surface area (Å²) < 4.78 is 14.3. The van der Waals surface area contributed by atoms with Crippen molar-refractivity contribution >= 4 is 21.8 Å². The van der Waals surface area contributed by atoms with E-state index in [0.29, 0.717) is 23.5 Å². The zero-order chi connectivity index (χ0) is 14.7. The van der Waals surface area contributed by atoms with Crippen molar-refractivity contribution in [3.63, 3.8) is 0 Å². The second-order valence-corrected chi connectivity index (χ2v) is 6.45. The van der Waals surface area contributed by atoms with Gasteiger partial charge in [-0.3, -0.25) is 4.79 Å². The molecule has 0 N–H and O–H groups in total. The van der Waals surface area contributed by atoms with Gasteiger partial charge in [0.2, 0.25) is 0 Å². The van der Waals surface area contributed by atoms with Gasteiger partial charge in [0.1, 0.15) is 5.82 Å². The first kappa shape index (κ1) is 15.4. The lowest BCUT2D eigenvalue weighted by molar-refractivity contribution is 0.0672. The Kier molecular flexibility index (Phi) is 5.16. The van der Waals surface area contributed by atoms with E-state index in [1.807, 2.05) is 0 Å². The van der Waals surface area contributed by atoms with E-state index < -0.39 is 5.82 Å². The zero-order valence-corrected chi connectivity index (χ0v) is 13.5. The summed E-state index contributed by atoms with van der Waals surface area (Å²) in [6, 6.07) is 4.63. The molecule has 1 amide bonds. The highest BCUT2D eigenvalue weighted by atomic mass is 79.9. The van der Waals surface area contributed by atoms with Gasteiger partial charge >= 0.3 is 0 Å². The monoisotopic (exact) mass is 342 g/mol. The number of carbonyl (C=O) groups is 1. The Morgan fingerprint density at radius 2 is 2.05 bits per heavy atom. The molecule has 1 aromatic rings. The van der Waals surface area contributed by atoms with Crippen molar-refractivity contribution in [1.29, 1.82) is 0 Å². The molecule has 110 valence electrons. The molecule has 1 aliphatic heterocycles. The molecule has 1 aliphatic rings. The molecule has 1 fully saturated rings. The van der Waals surface area contributed by atoms with Gasteiger partial charge in [-0.05, 0) is 60.9 Å². The van der Waals surface area contributed by atoms with Gasteiger partial charge < -0.3 is 9.80 Å². The maximum atomic E-state index is 13.8. The molecule has 0 spiro atoms. The quantitative estimate of drug-likeness (QED) is 0.842. The Morgan fingerprint density at radius 1 is 1.40 bits per heavy atom. The standard InChI is InChI=1S/C15H20BrFN2O/c1-18(2)10-11-6-8-19(9-7-11)15(20)14-12(16)4-3-5-13(14)17/h3-5,11H,6-10H2,1-2H3. The van der Waals surface area contributed by atoms with E-state index in [4.69, 9.17) is 0 Å². The van der Waals surface area contributed by atoms with Crippen LogP contribution in [0.5, 0.6) is 0 Å². The van der Waals surface area contributed by atoms with Crippen LogP contribution in [0.25, 0.3) is 0 Å². The first-order valence-electron chi connectivity index (χ1n) is 6.87. The van der Waals surface area contributed by atoms with Crippen molar-refractivity contribution in [3.05, 3.63) is 34.1 Å². The first-order chi connectivity index (χ1) is 9.49. The smallest absolute Gasteiger partial charge is 0.257 e. The van der Waals surface area contributed by atoms with E-state index in [0.717, 1.165) is 19.4 Å². The predicted octanol–water partition coefficient (Wildman–Crippen LogP) is 3.00. The van der Waals surface area contributed by atoms with Crippen LogP contribution in [0.2, 0.25) is 0 Å². The van der Waals surface area contributed by atoms with E-state index in [9.17, 15) is 9.18 Å². The third kappa shape index (κ3) is 3.58. The maximum Gasteiger partial charge on any atom is 0.257 e. The highest BCUT2D eigenvalue weighted by Gasteiger charge is 2.26. The highest BCUT2D eigenvalue weighted by Crippen LogP contribution is 2.24. The van der Waals surface area contributed by atoms with E-state index >= 15 is 0 Å². The fraction of sp³-hybridized carbons (Fsp3) is 0.533. The molecule has 3 nitrogen and oxygen atoms in total. The lowest BCUT2D eigenvalue weighted by Crippen LogP contribution is -2.41. The number of amides is 1. The van der Waals surface area contributed by atoms with Crippen molar-refractivity contribution in [2.75, 3.05) is 33.7 Å². The molecule has 1 saturated heterocycles. The first-order valence-corrected chi connectivity index (χ1v) is 7.66. The number of hydrogen-bond donors (Lipinski definition) is 0. The van der Waals surface area contributed by atoms with E-state index in [1.165, 1.54) is 6.07 Å². The normalized spacial score (nSPS) is 16.8. The number of rotatable bonds is 3. The number of piperidine rings is 1. The van der Waals surface area contributed by atoms with Crippen LogP contribution < -0.4 is 0 Å². The molecular weight excluding hydrogens is 323 g/mol. The summed E-state index contributed by atoms with van der Waals surface area (Å²) in [5.74, 6) is -0.0452. The predicted molar refractivity (Wildman–Crippen MR) is 81.3 cm³/mol. The largest absolute Gasteiger partial charge is 0.339 e. The van der Waals surface area contributed by atoms with Gasteiger partial charge in [-0.2, -0.15) is 0 Å². The van der Waals surface area contributed by atoms with Crippen LogP contribution >= 0.6 is 15.9 Å². The second-order valence-electron chi connectivity index (χ2n) is 5.59. The highest BCUT2D eigenvalue weighted by molar-refractivity contribution is 9.10. The Morgan fingerprint density at radius 3 is 2.60 bits per heavy atom. The van der Waals surface area contributed by atoms with Gasteiger partial charge in [0.05, 0.1) is 5.56 Å². The lowest BCUT2D eigenvalue weighted by Gasteiger charge is -2.33. The third-order valence-corrected chi connectivity index (χ3v) is 4.36. The van der Waals surface area contributed by atoms with E-state index in [1.54, 1.807) is 17.0 Å². The summed E-state index contributed by atoms with van der Waals surface area (Å²) in [7, 11) is 4.13. The topological polar surface area (TPSA) is 23.6 Å². The molecule has 0 unspecified atom stereocenters. The molecule has 1 heterocycles. The van der Waals surface area contributed by atoms with Crippen LogP contribution in [-0.2, 0) is 0 Å². The van der Waals surface area contributed by atoms with Gasteiger partial charge in [0.15, 0.2) is 0 Å². The van der Waals surface area contributed by atoms with Crippen molar-refractivity contribution in [2.24, 2.45) is 5.92 Å². The Labute approximate surface area is 127 Å². The molecule has 0 bridgehead atoms. The average Bonchev–Trinajstić information content (AvgIpc) is 2.38. The minimum absolute atomic E-state index is 0.151. The van der Waals surface area contributed by atoms with Gasteiger partial charge in [0.25, 0.3) is 5.91 Å². The van der Waals surface area contributed by atoms with Crippen LogP contribution in [0, 0.1) is 11.7 Å². The number of halogens is 2. The molecule has 0 saturated carbocycles. The molecule has 2 rings (SSSR count). The van der Waals surface area contributed by atoms with Crippen molar-refractivity contribution in [3.8, 4) is 0 Å². The van der Waals surface area contributed by atoms with Crippen molar-refractivity contribution in [2.45, 2.75) is 12.8 Å². The van der Waals surface area contributed by atoms with Crippen molar-refractivity contribution < 1.29 is 9.18 Å². The van der Waals surface area contributed by atoms with Gasteiger partial charge in [-0.15, -0.1) is 0 Å². The molecule has 5 heteroatoms. The Balaban J connectivity index is 2.02. The summed E-state index contributed by atoms with van der Waals surface area (Å²) in [4.78, 5) is 16.4. The Hall–Kier alpha value is -0.940. The summed E-state index contributed by atoms with van der Waals surface area (Å²) in [5, 5.41) is 0. The van der Waals surface area contributed by atoms with Crippen LogP contribution in [0.4, 0.5) is 4.39 Å². The number of carbonyl (C=O) groups excluding carboxylic acids is 1. The summed E-state index contributed by atoms with van der Waals surface area (Å²) in [6.45, 7) is 2.46. The van der Waals surface area contributed by atoms with Crippen LogP contribution in [0.1, 0.15) is 23.2 Å². The minimum Gasteiger partial charge on any atom is -0.339 e. The number of likely N-dealkylation sites (tertiary alicyclic amines) is 1. The van der Waals surface area contributed by atoms with E-state index in [-0.39, 0.29) is 11.5 Å². The minimum atomic E-state index is -0.459. The van der Waals surface area contributed by atoms with Crippen molar-refractivity contribution in [1.82, 2.24) is 9.80 Å². The SMILES string of the molecule is CN(C)CC1CCN(C(=O)c2c(F)cccc2Br)CC1. The zero-order valence-electron chi connectivity index (χ0n) is 11.9. The molecule has 1 aromatic carbocycles. The fourth-order valence-electron chi connectivity index (χ4n) is 2.70. The number of hydrogen-bond acceptors (Lipinski definition) is 2. The second kappa shape index (κ2) is 6.68. The Bertz CT molecular complexity index is 465. The maximum absolute atomic E-state index is 13.8. The lowest BCUT2D eigenvalue weighted by atomic mass is 9.96. The van der Waals surface area contributed by atoms with Gasteiger partial charge in [0, 0.05) is 24.1 Å².